The van der Waals surface area contributed by atoms with Gasteiger partial charge in [-0.1, -0.05) is 54.6 Å². The highest BCUT2D eigenvalue weighted by atomic mass is 16.6. The molecule has 1 aliphatic heterocycles. The van der Waals surface area contributed by atoms with Crippen molar-refractivity contribution in [3.8, 4) is 16.9 Å². The van der Waals surface area contributed by atoms with Crippen molar-refractivity contribution < 1.29 is 23.9 Å². The summed E-state index contributed by atoms with van der Waals surface area (Å²) in [6.07, 6.45) is 0. The van der Waals surface area contributed by atoms with Gasteiger partial charge in [-0.05, 0) is 35.4 Å². The molecule has 0 unspecified atom stereocenters. The molecule has 150 valence electrons. The van der Waals surface area contributed by atoms with Crippen LogP contribution in [0.3, 0.4) is 0 Å². The first-order valence-electron chi connectivity index (χ1n) is 9.52. The second kappa shape index (κ2) is 8.61. The quantitative estimate of drug-likeness (QED) is 0.447. The van der Waals surface area contributed by atoms with E-state index in [1.807, 2.05) is 42.5 Å². The summed E-state index contributed by atoms with van der Waals surface area (Å²) in [4.78, 5) is 37.5. The summed E-state index contributed by atoms with van der Waals surface area (Å²) in [5, 5.41) is 0. The fraction of sp³-hybridized carbons (Fsp3) is 0.125. The number of amides is 2. The summed E-state index contributed by atoms with van der Waals surface area (Å²) in [5.41, 5.74) is 2.88. The van der Waals surface area contributed by atoms with Crippen LogP contribution in [0.15, 0.2) is 78.9 Å². The van der Waals surface area contributed by atoms with E-state index in [1.54, 1.807) is 36.4 Å². The van der Waals surface area contributed by atoms with Gasteiger partial charge in [-0.15, -0.1) is 0 Å². The molecule has 1 heterocycles. The van der Waals surface area contributed by atoms with Crippen LogP contribution < -0.4 is 4.74 Å². The first kappa shape index (κ1) is 19.4. The molecule has 0 aromatic heterocycles. The van der Waals surface area contributed by atoms with E-state index in [0.29, 0.717) is 16.9 Å². The molecule has 2 amide bonds. The number of hydrogen-bond donors (Lipinski definition) is 0. The molecule has 0 saturated carbocycles. The highest BCUT2D eigenvalue weighted by Crippen LogP contribution is 2.23. The number of esters is 1. The Bertz CT molecular complexity index is 1040. The zero-order valence-corrected chi connectivity index (χ0v) is 16.1. The van der Waals surface area contributed by atoms with Gasteiger partial charge in [0, 0.05) is 0 Å². The molecule has 6 heteroatoms. The maximum atomic E-state index is 12.3. The average molecular weight is 401 g/mol. The number of fused-ring (bicyclic) bond motifs is 1. The van der Waals surface area contributed by atoms with E-state index in [1.165, 1.54) is 0 Å². The van der Waals surface area contributed by atoms with E-state index >= 15 is 0 Å². The van der Waals surface area contributed by atoms with Crippen molar-refractivity contribution in [3.05, 3.63) is 90.0 Å². The third kappa shape index (κ3) is 4.07. The molecule has 0 fully saturated rings. The molecular formula is C24H19NO5. The molecule has 0 spiro atoms. The molecule has 0 saturated heterocycles. The van der Waals surface area contributed by atoms with Gasteiger partial charge in [-0.2, -0.15) is 0 Å². The molecule has 3 aromatic carbocycles. The van der Waals surface area contributed by atoms with E-state index in [0.717, 1.165) is 16.0 Å². The maximum absolute atomic E-state index is 12.3. The molecule has 0 radical (unpaired) electrons. The summed E-state index contributed by atoms with van der Waals surface area (Å²) in [7, 11) is 0. The van der Waals surface area contributed by atoms with Gasteiger partial charge in [0.1, 0.15) is 12.4 Å². The minimum atomic E-state index is -0.571. The van der Waals surface area contributed by atoms with Crippen molar-refractivity contribution in [3.63, 3.8) is 0 Å². The van der Waals surface area contributed by atoms with Crippen LogP contribution in [0.5, 0.6) is 5.75 Å². The number of benzene rings is 3. The smallest absolute Gasteiger partial charge is 0.344 e. The van der Waals surface area contributed by atoms with Gasteiger partial charge in [0.25, 0.3) is 11.8 Å². The molecular weight excluding hydrogens is 382 g/mol. The Labute approximate surface area is 173 Å². The zero-order chi connectivity index (χ0) is 20.9. The van der Waals surface area contributed by atoms with Crippen LogP contribution in [0.2, 0.25) is 0 Å². The average Bonchev–Trinajstić information content (AvgIpc) is 3.04. The predicted molar refractivity (Wildman–Crippen MR) is 110 cm³/mol. The summed E-state index contributed by atoms with van der Waals surface area (Å²) >= 11 is 0. The van der Waals surface area contributed by atoms with Gasteiger partial charge in [0.2, 0.25) is 0 Å². The van der Waals surface area contributed by atoms with Gasteiger partial charge < -0.3 is 9.47 Å². The van der Waals surface area contributed by atoms with E-state index < -0.39 is 5.97 Å². The maximum Gasteiger partial charge on any atom is 0.344 e. The van der Waals surface area contributed by atoms with Crippen molar-refractivity contribution in [2.75, 3.05) is 19.8 Å². The van der Waals surface area contributed by atoms with Crippen molar-refractivity contribution >= 4 is 17.8 Å². The van der Waals surface area contributed by atoms with Crippen molar-refractivity contribution in [2.24, 2.45) is 0 Å². The van der Waals surface area contributed by atoms with Crippen LogP contribution in [0.4, 0.5) is 0 Å². The lowest BCUT2D eigenvalue weighted by molar-refractivity contribution is -0.146. The summed E-state index contributed by atoms with van der Waals surface area (Å²) < 4.78 is 10.6. The third-order valence-corrected chi connectivity index (χ3v) is 4.77. The third-order valence-electron chi connectivity index (χ3n) is 4.77. The molecule has 0 bridgehead atoms. The fourth-order valence-electron chi connectivity index (χ4n) is 3.25. The summed E-state index contributed by atoms with van der Waals surface area (Å²) in [6.45, 7) is -0.336. The minimum absolute atomic E-state index is 0.00383. The van der Waals surface area contributed by atoms with Crippen molar-refractivity contribution in [2.45, 2.75) is 0 Å². The summed E-state index contributed by atoms with van der Waals surface area (Å²) in [5.74, 6) is -0.770. The normalized spacial score (nSPS) is 12.6. The van der Waals surface area contributed by atoms with E-state index in [2.05, 4.69) is 0 Å². The number of carbonyl (C=O) groups excluding carboxylic acids is 3. The largest absolute Gasteiger partial charge is 0.482 e. The monoisotopic (exact) mass is 401 g/mol. The van der Waals surface area contributed by atoms with Crippen LogP contribution >= 0.6 is 0 Å². The second-order valence-corrected chi connectivity index (χ2v) is 6.71. The van der Waals surface area contributed by atoms with Crippen molar-refractivity contribution in [1.82, 2.24) is 4.90 Å². The molecule has 0 aliphatic carbocycles. The number of nitrogens with zero attached hydrogens (tertiary/aromatic N) is 1. The standard InChI is InChI=1S/C24H19NO5/c26-22(16-30-19-12-10-18(11-13-19)17-6-2-1-3-7-17)29-15-14-25-23(27)20-8-4-5-9-21(20)24(25)28/h1-13H,14-16H2. The Morgan fingerprint density at radius 1 is 0.733 bits per heavy atom. The number of imide groups is 1. The zero-order valence-electron chi connectivity index (χ0n) is 16.1. The number of carbonyl (C=O) groups is 3. The molecule has 0 atom stereocenters. The molecule has 6 nitrogen and oxygen atoms in total. The first-order valence-corrected chi connectivity index (χ1v) is 9.52. The Kier molecular flexibility index (Phi) is 5.57. The number of rotatable bonds is 7. The van der Waals surface area contributed by atoms with Gasteiger partial charge in [-0.25, -0.2) is 4.79 Å². The fourth-order valence-corrected chi connectivity index (χ4v) is 3.25. The van der Waals surface area contributed by atoms with Crippen LogP contribution in [-0.2, 0) is 9.53 Å². The molecule has 30 heavy (non-hydrogen) atoms. The highest BCUT2D eigenvalue weighted by molar-refractivity contribution is 6.21. The van der Waals surface area contributed by atoms with E-state index in [9.17, 15) is 14.4 Å². The SMILES string of the molecule is O=C(COc1ccc(-c2ccccc2)cc1)OCCN1C(=O)c2ccccc2C1=O. The Balaban J connectivity index is 1.23. The van der Waals surface area contributed by atoms with Gasteiger partial charge in [0.15, 0.2) is 6.61 Å². The lowest BCUT2D eigenvalue weighted by atomic mass is 10.1. The Morgan fingerprint density at radius 3 is 1.93 bits per heavy atom. The molecule has 4 rings (SSSR count). The topological polar surface area (TPSA) is 72.9 Å². The Morgan fingerprint density at radius 2 is 1.30 bits per heavy atom. The number of ether oxygens (including phenoxy) is 2. The van der Waals surface area contributed by atoms with Gasteiger partial charge >= 0.3 is 5.97 Å². The van der Waals surface area contributed by atoms with Crippen LogP contribution in [0, 0.1) is 0 Å². The minimum Gasteiger partial charge on any atom is -0.482 e. The second-order valence-electron chi connectivity index (χ2n) is 6.71. The van der Waals surface area contributed by atoms with Crippen LogP contribution in [0.1, 0.15) is 20.7 Å². The van der Waals surface area contributed by atoms with Crippen LogP contribution in [0.25, 0.3) is 11.1 Å². The van der Waals surface area contributed by atoms with Crippen molar-refractivity contribution in [1.29, 1.82) is 0 Å². The lowest BCUT2D eigenvalue weighted by Gasteiger charge is -2.14. The molecule has 3 aromatic rings. The van der Waals surface area contributed by atoms with E-state index in [4.69, 9.17) is 9.47 Å². The lowest BCUT2D eigenvalue weighted by Crippen LogP contribution is -2.33. The molecule has 0 N–H and O–H groups in total. The first-order chi connectivity index (χ1) is 14.6. The molecule has 1 aliphatic rings. The Hall–Kier alpha value is -3.93. The van der Waals surface area contributed by atoms with Gasteiger partial charge in [0.05, 0.1) is 17.7 Å². The van der Waals surface area contributed by atoms with Gasteiger partial charge in [-0.3, -0.25) is 14.5 Å². The predicted octanol–water partition coefficient (Wildman–Crippen LogP) is 3.57. The highest BCUT2D eigenvalue weighted by Gasteiger charge is 2.34. The van der Waals surface area contributed by atoms with E-state index in [-0.39, 0.29) is 31.6 Å². The van der Waals surface area contributed by atoms with Crippen LogP contribution in [-0.4, -0.2) is 42.4 Å². The summed E-state index contributed by atoms with van der Waals surface area (Å²) in [6, 6.07) is 24.0. The number of hydrogen-bond acceptors (Lipinski definition) is 5.